The van der Waals surface area contributed by atoms with Crippen LogP contribution in [0.2, 0.25) is 0 Å². The smallest absolute Gasteiger partial charge is 0.127 e. The van der Waals surface area contributed by atoms with Crippen molar-refractivity contribution in [2.75, 3.05) is 5.32 Å². The van der Waals surface area contributed by atoms with E-state index in [2.05, 4.69) is 53.8 Å². The monoisotopic (exact) mass is 431 g/mol. The molecule has 0 atom stereocenters. The first-order valence-corrected chi connectivity index (χ1v) is 11.1. The summed E-state index contributed by atoms with van der Waals surface area (Å²) in [5.41, 5.74) is 3.33. The van der Waals surface area contributed by atoms with Gasteiger partial charge in [0, 0.05) is 17.8 Å². The molecule has 1 N–H and O–H groups in total. The first-order chi connectivity index (χ1) is 16.3. The summed E-state index contributed by atoms with van der Waals surface area (Å²) in [4.78, 5) is 0. The molecule has 0 bridgehead atoms. The molecule has 162 valence electrons. The molecule has 33 heavy (non-hydrogen) atoms. The van der Waals surface area contributed by atoms with Crippen molar-refractivity contribution in [3.05, 3.63) is 132 Å². The van der Waals surface area contributed by atoms with Crippen LogP contribution in [0.1, 0.15) is 11.1 Å². The molecule has 0 aliphatic rings. The number of hydrogen-bond acceptors (Lipinski definition) is 3. The third kappa shape index (κ3) is 5.16. The van der Waals surface area contributed by atoms with Gasteiger partial charge >= 0.3 is 0 Å². The number of fused-ring (bicyclic) bond motifs is 1. The van der Waals surface area contributed by atoms with Crippen LogP contribution in [0.5, 0.6) is 17.2 Å². The SMILES string of the molecule is c1ccc(Oc2ccc(NCc3ccccc3OCc3cccc4ccccc34)cc2)cc1. The molecular formula is C30H25NO2. The van der Waals surface area contributed by atoms with Crippen LogP contribution >= 0.6 is 0 Å². The zero-order chi connectivity index (χ0) is 22.3. The van der Waals surface area contributed by atoms with Crippen molar-refractivity contribution < 1.29 is 9.47 Å². The van der Waals surface area contributed by atoms with Crippen molar-refractivity contribution in [1.82, 2.24) is 0 Å². The standard InChI is InChI=1S/C30H25NO2/c1-2-13-27(14-3-1)33-28-19-17-26(18-20-28)31-21-24-10-5-7-16-30(24)32-22-25-12-8-11-23-9-4-6-15-29(23)25/h1-20,31H,21-22H2. The summed E-state index contributed by atoms with van der Waals surface area (Å²) >= 11 is 0. The highest BCUT2D eigenvalue weighted by Gasteiger charge is 2.06. The normalized spacial score (nSPS) is 10.7. The van der Waals surface area contributed by atoms with Gasteiger partial charge in [-0.05, 0) is 58.8 Å². The van der Waals surface area contributed by atoms with Gasteiger partial charge in [-0.25, -0.2) is 0 Å². The zero-order valence-electron chi connectivity index (χ0n) is 18.3. The molecule has 0 saturated carbocycles. The Morgan fingerprint density at radius 1 is 0.545 bits per heavy atom. The van der Waals surface area contributed by atoms with E-state index in [-0.39, 0.29) is 0 Å². The molecule has 5 rings (SSSR count). The Morgan fingerprint density at radius 3 is 2.09 bits per heavy atom. The third-order valence-electron chi connectivity index (χ3n) is 5.55. The molecule has 0 aliphatic heterocycles. The third-order valence-corrected chi connectivity index (χ3v) is 5.55. The number of benzene rings is 5. The fourth-order valence-corrected chi connectivity index (χ4v) is 3.83. The van der Waals surface area contributed by atoms with E-state index in [0.29, 0.717) is 13.2 Å². The highest BCUT2D eigenvalue weighted by atomic mass is 16.5. The van der Waals surface area contributed by atoms with Crippen LogP contribution in [-0.4, -0.2) is 0 Å². The van der Waals surface area contributed by atoms with Crippen molar-refractivity contribution in [1.29, 1.82) is 0 Å². The predicted octanol–water partition coefficient (Wildman–Crippen LogP) is 7.82. The lowest BCUT2D eigenvalue weighted by atomic mass is 10.1. The summed E-state index contributed by atoms with van der Waals surface area (Å²) in [5.74, 6) is 2.53. The van der Waals surface area contributed by atoms with Crippen LogP contribution in [0.15, 0.2) is 121 Å². The topological polar surface area (TPSA) is 30.5 Å². The fraction of sp³-hybridized carbons (Fsp3) is 0.0667. The first kappa shape index (κ1) is 20.7. The van der Waals surface area contributed by atoms with Crippen LogP contribution in [-0.2, 0) is 13.2 Å². The van der Waals surface area contributed by atoms with Crippen molar-refractivity contribution in [3.8, 4) is 17.2 Å². The Kier molecular flexibility index (Phi) is 6.21. The quantitative estimate of drug-likeness (QED) is 0.272. The molecule has 0 aliphatic carbocycles. The van der Waals surface area contributed by atoms with Gasteiger partial charge in [0.1, 0.15) is 23.9 Å². The summed E-state index contributed by atoms with van der Waals surface area (Å²) in [6, 6.07) is 40.7. The van der Waals surface area contributed by atoms with Gasteiger partial charge in [0.15, 0.2) is 0 Å². The van der Waals surface area contributed by atoms with Crippen molar-refractivity contribution in [3.63, 3.8) is 0 Å². The molecule has 0 saturated heterocycles. The van der Waals surface area contributed by atoms with E-state index in [4.69, 9.17) is 9.47 Å². The van der Waals surface area contributed by atoms with Crippen LogP contribution in [0, 0.1) is 0 Å². The van der Waals surface area contributed by atoms with Gasteiger partial charge in [0.2, 0.25) is 0 Å². The summed E-state index contributed by atoms with van der Waals surface area (Å²) in [7, 11) is 0. The molecule has 0 radical (unpaired) electrons. The number of hydrogen-bond donors (Lipinski definition) is 1. The molecule has 5 aromatic carbocycles. The van der Waals surface area contributed by atoms with Gasteiger partial charge in [-0.3, -0.25) is 0 Å². The maximum absolute atomic E-state index is 6.25. The summed E-state index contributed by atoms with van der Waals surface area (Å²) < 4.78 is 12.1. The fourth-order valence-electron chi connectivity index (χ4n) is 3.83. The average molecular weight is 432 g/mol. The largest absolute Gasteiger partial charge is 0.489 e. The predicted molar refractivity (Wildman–Crippen MR) is 135 cm³/mol. The molecule has 0 spiro atoms. The number of rotatable bonds is 8. The van der Waals surface area contributed by atoms with Crippen molar-refractivity contribution in [2.24, 2.45) is 0 Å². The Morgan fingerprint density at radius 2 is 1.21 bits per heavy atom. The van der Waals surface area contributed by atoms with Gasteiger partial charge in [-0.1, -0.05) is 78.9 Å². The van der Waals surface area contributed by atoms with E-state index in [1.54, 1.807) is 0 Å². The Balaban J connectivity index is 1.23. The van der Waals surface area contributed by atoms with E-state index >= 15 is 0 Å². The van der Waals surface area contributed by atoms with Crippen LogP contribution in [0.3, 0.4) is 0 Å². The molecule has 3 nitrogen and oxygen atoms in total. The summed E-state index contributed by atoms with van der Waals surface area (Å²) in [5, 5.41) is 5.94. The molecule has 0 heterocycles. The van der Waals surface area contributed by atoms with Crippen molar-refractivity contribution in [2.45, 2.75) is 13.2 Å². The molecule has 0 amide bonds. The lowest BCUT2D eigenvalue weighted by molar-refractivity contribution is 0.304. The van der Waals surface area contributed by atoms with Gasteiger partial charge in [-0.2, -0.15) is 0 Å². The minimum atomic E-state index is 0.532. The lowest BCUT2D eigenvalue weighted by Crippen LogP contribution is -2.04. The minimum Gasteiger partial charge on any atom is -0.489 e. The van der Waals surface area contributed by atoms with Gasteiger partial charge in [0.05, 0.1) is 0 Å². The second-order valence-corrected chi connectivity index (χ2v) is 7.83. The van der Waals surface area contributed by atoms with E-state index in [9.17, 15) is 0 Å². The molecule has 3 heteroatoms. The zero-order valence-corrected chi connectivity index (χ0v) is 18.3. The van der Waals surface area contributed by atoms with E-state index in [0.717, 1.165) is 28.5 Å². The molecule has 5 aromatic rings. The second-order valence-electron chi connectivity index (χ2n) is 7.83. The lowest BCUT2D eigenvalue weighted by Gasteiger charge is -2.14. The van der Waals surface area contributed by atoms with E-state index in [1.165, 1.54) is 16.3 Å². The van der Waals surface area contributed by atoms with E-state index < -0.39 is 0 Å². The number of ether oxygens (including phenoxy) is 2. The Bertz CT molecular complexity index is 1330. The average Bonchev–Trinajstić information content (AvgIpc) is 2.88. The second kappa shape index (κ2) is 9.92. The maximum atomic E-state index is 6.25. The summed E-state index contributed by atoms with van der Waals surface area (Å²) in [6.45, 7) is 1.20. The van der Waals surface area contributed by atoms with Crippen LogP contribution in [0.25, 0.3) is 10.8 Å². The van der Waals surface area contributed by atoms with Crippen LogP contribution in [0.4, 0.5) is 5.69 Å². The van der Waals surface area contributed by atoms with Gasteiger partial charge in [0.25, 0.3) is 0 Å². The van der Waals surface area contributed by atoms with Gasteiger partial charge < -0.3 is 14.8 Å². The molecule has 0 fully saturated rings. The molecular weight excluding hydrogens is 406 g/mol. The van der Waals surface area contributed by atoms with Crippen molar-refractivity contribution >= 4 is 16.5 Å². The number of nitrogens with one attached hydrogen (secondary N) is 1. The molecule has 0 aromatic heterocycles. The minimum absolute atomic E-state index is 0.532. The first-order valence-electron chi connectivity index (χ1n) is 11.1. The molecule has 0 unspecified atom stereocenters. The Hall–Kier alpha value is -4.24. The Labute approximate surface area is 194 Å². The summed E-state index contributed by atoms with van der Waals surface area (Å²) in [6.07, 6.45) is 0. The number of para-hydroxylation sites is 2. The highest BCUT2D eigenvalue weighted by Crippen LogP contribution is 2.25. The maximum Gasteiger partial charge on any atom is 0.127 e. The van der Waals surface area contributed by atoms with Gasteiger partial charge in [-0.15, -0.1) is 0 Å². The van der Waals surface area contributed by atoms with E-state index in [1.807, 2.05) is 72.8 Å². The number of anilines is 1. The van der Waals surface area contributed by atoms with Crippen LogP contribution < -0.4 is 14.8 Å². The highest BCUT2D eigenvalue weighted by molar-refractivity contribution is 5.85.